The molecule has 188 valence electrons. The van der Waals surface area contributed by atoms with Gasteiger partial charge in [0.15, 0.2) is 4.96 Å². The first kappa shape index (κ1) is 24.6. The maximum absolute atomic E-state index is 13.8. The van der Waals surface area contributed by atoms with Crippen LogP contribution < -0.4 is 10.9 Å². The molecule has 0 saturated heterocycles. The highest BCUT2D eigenvalue weighted by Gasteiger charge is 2.21. The van der Waals surface area contributed by atoms with Gasteiger partial charge < -0.3 is 5.32 Å². The number of amides is 1. The van der Waals surface area contributed by atoms with Gasteiger partial charge in [-0.25, -0.2) is 9.67 Å². The van der Waals surface area contributed by atoms with Crippen LogP contribution in [0.3, 0.4) is 0 Å². The van der Waals surface area contributed by atoms with Gasteiger partial charge in [-0.15, -0.1) is 11.3 Å². The van der Waals surface area contributed by atoms with Crippen molar-refractivity contribution in [3.63, 3.8) is 0 Å². The Labute approximate surface area is 219 Å². The molecule has 0 aliphatic heterocycles. The lowest BCUT2D eigenvalue weighted by Gasteiger charge is -2.14. The maximum Gasteiger partial charge on any atom is 0.268 e. The third-order valence-corrected chi connectivity index (χ3v) is 7.45. The van der Waals surface area contributed by atoms with Gasteiger partial charge >= 0.3 is 0 Å². The fourth-order valence-corrected chi connectivity index (χ4v) is 5.52. The second-order valence-corrected chi connectivity index (χ2v) is 10.3. The minimum absolute atomic E-state index is 0.0806. The Hall–Kier alpha value is -4.04. The van der Waals surface area contributed by atoms with Crippen molar-refractivity contribution in [1.29, 1.82) is 0 Å². The van der Waals surface area contributed by atoms with Crippen molar-refractivity contribution in [2.24, 2.45) is 0 Å². The Balaban J connectivity index is 1.50. The van der Waals surface area contributed by atoms with E-state index >= 15 is 0 Å². The predicted octanol–water partition coefficient (Wildman–Crippen LogP) is 5.26. The largest absolute Gasteiger partial charge is 0.349 e. The number of nitrogens with one attached hydrogen (secondary N) is 1. The second-order valence-electron chi connectivity index (χ2n) is 9.47. The van der Waals surface area contributed by atoms with Crippen molar-refractivity contribution in [3.05, 3.63) is 104 Å². The number of carbonyl (C=O) groups is 1. The highest BCUT2D eigenvalue weighted by Crippen LogP contribution is 2.25. The van der Waals surface area contributed by atoms with Gasteiger partial charge in [0.2, 0.25) is 5.91 Å². The average molecular weight is 512 g/mol. The molecular weight excluding hydrogens is 482 g/mol. The smallest absolute Gasteiger partial charge is 0.268 e. The Morgan fingerprint density at radius 2 is 1.81 bits per heavy atom. The molecule has 2 aromatic carbocycles. The zero-order valence-corrected chi connectivity index (χ0v) is 22.4. The Bertz CT molecular complexity index is 1680. The molecule has 0 spiro atoms. The van der Waals surface area contributed by atoms with Crippen molar-refractivity contribution >= 4 is 22.2 Å². The van der Waals surface area contributed by atoms with E-state index in [4.69, 9.17) is 10.1 Å². The lowest BCUT2D eigenvalue weighted by Crippen LogP contribution is -2.29. The molecule has 5 aromatic rings. The molecule has 1 N–H and O–H groups in total. The van der Waals surface area contributed by atoms with Crippen LogP contribution in [0, 0.1) is 27.7 Å². The standard InChI is InChI=1S/C29H29N5O2S/c1-17-11-12-18(2)25(13-17)34-19(3)14-24(32-34)27-21(5)31-29-33(28(27)36)23(16-37-29)15-26(35)30-20(4)22-9-7-6-8-10-22/h6-14,16,20H,15H2,1-5H3,(H,30,35)/t20-/m1/s1. The zero-order chi connectivity index (χ0) is 26.3. The number of aryl methyl sites for hydroxylation is 4. The lowest BCUT2D eigenvalue weighted by molar-refractivity contribution is -0.121. The van der Waals surface area contributed by atoms with Crippen molar-refractivity contribution < 1.29 is 4.79 Å². The van der Waals surface area contributed by atoms with Crippen LogP contribution in [0.2, 0.25) is 0 Å². The molecule has 0 bridgehead atoms. The Morgan fingerprint density at radius 3 is 2.57 bits per heavy atom. The molecule has 3 heterocycles. The number of nitrogens with zero attached hydrogens (tertiary/aromatic N) is 4. The maximum atomic E-state index is 13.8. The van der Waals surface area contributed by atoms with Crippen LogP contribution >= 0.6 is 11.3 Å². The third-order valence-electron chi connectivity index (χ3n) is 6.58. The van der Waals surface area contributed by atoms with Gasteiger partial charge in [0, 0.05) is 16.8 Å². The summed E-state index contributed by atoms with van der Waals surface area (Å²) in [5, 5.41) is 9.68. The molecule has 1 atom stereocenters. The van der Waals surface area contributed by atoms with Crippen molar-refractivity contribution in [3.8, 4) is 16.9 Å². The van der Waals surface area contributed by atoms with E-state index in [1.807, 2.05) is 81.1 Å². The topological polar surface area (TPSA) is 81.3 Å². The van der Waals surface area contributed by atoms with Gasteiger partial charge in [0.1, 0.15) is 5.69 Å². The molecule has 37 heavy (non-hydrogen) atoms. The zero-order valence-electron chi connectivity index (χ0n) is 21.6. The van der Waals surface area contributed by atoms with Crippen LogP contribution in [-0.4, -0.2) is 25.1 Å². The SMILES string of the molecule is Cc1ccc(C)c(-n2nc(-c3c(C)nc4scc(CC(=O)N[C@H](C)c5ccccc5)n4c3=O)cc2C)c1. The summed E-state index contributed by atoms with van der Waals surface area (Å²) in [7, 11) is 0. The molecule has 3 aromatic heterocycles. The van der Waals surface area contributed by atoms with E-state index in [0.29, 0.717) is 27.6 Å². The van der Waals surface area contributed by atoms with E-state index in [1.54, 1.807) is 4.40 Å². The second kappa shape index (κ2) is 9.78. The van der Waals surface area contributed by atoms with Gasteiger partial charge in [-0.05, 0) is 63.4 Å². The van der Waals surface area contributed by atoms with Crippen molar-refractivity contribution in [1.82, 2.24) is 24.5 Å². The van der Waals surface area contributed by atoms with Gasteiger partial charge in [-0.1, -0.05) is 42.5 Å². The van der Waals surface area contributed by atoms with Crippen LogP contribution in [0.15, 0.2) is 64.8 Å². The van der Waals surface area contributed by atoms with Crippen LogP contribution in [0.1, 0.15) is 46.7 Å². The number of fused-ring (bicyclic) bond motifs is 1. The summed E-state index contributed by atoms with van der Waals surface area (Å²) >= 11 is 1.36. The first-order chi connectivity index (χ1) is 17.7. The monoisotopic (exact) mass is 511 g/mol. The van der Waals surface area contributed by atoms with Crippen LogP contribution in [0.25, 0.3) is 21.9 Å². The normalized spacial score (nSPS) is 12.1. The van der Waals surface area contributed by atoms with Gasteiger partial charge in [0.05, 0.1) is 29.4 Å². The number of hydrogen-bond acceptors (Lipinski definition) is 5. The number of hydrogen-bond donors (Lipinski definition) is 1. The van der Waals surface area contributed by atoms with Gasteiger partial charge in [-0.3, -0.25) is 14.0 Å². The third kappa shape index (κ3) is 4.72. The fourth-order valence-electron chi connectivity index (χ4n) is 4.59. The molecule has 0 fully saturated rings. The van der Waals surface area contributed by atoms with E-state index in [0.717, 1.165) is 28.1 Å². The molecule has 7 nitrogen and oxygen atoms in total. The van der Waals surface area contributed by atoms with Crippen LogP contribution in [0.4, 0.5) is 0 Å². The number of thiazole rings is 1. The highest BCUT2D eigenvalue weighted by molar-refractivity contribution is 7.15. The molecular formula is C29H29N5O2S. The van der Waals surface area contributed by atoms with Gasteiger partial charge in [-0.2, -0.15) is 5.10 Å². The van der Waals surface area contributed by atoms with E-state index in [9.17, 15) is 9.59 Å². The first-order valence-electron chi connectivity index (χ1n) is 12.2. The molecule has 0 aliphatic carbocycles. The van der Waals surface area contributed by atoms with E-state index < -0.39 is 0 Å². The van der Waals surface area contributed by atoms with Crippen LogP contribution in [0.5, 0.6) is 0 Å². The fraction of sp³-hybridized carbons (Fsp3) is 0.241. The number of benzene rings is 2. The molecule has 0 saturated carbocycles. The predicted molar refractivity (Wildman–Crippen MR) is 148 cm³/mol. The number of aromatic nitrogens is 4. The van der Waals surface area contributed by atoms with Crippen LogP contribution in [-0.2, 0) is 11.2 Å². The average Bonchev–Trinajstić information content (AvgIpc) is 3.44. The first-order valence-corrected chi connectivity index (χ1v) is 13.1. The summed E-state index contributed by atoms with van der Waals surface area (Å²) in [5.74, 6) is -0.153. The molecule has 0 unspecified atom stereocenters. The van der Waals surface area contributed by atoms with E-state index in [1.165, 1.54) is 11.3 Å². The summed E-state index contributed by atoms with van der Waals surface area (Å²) in [5.41, 5.74) is 7.20. The van der Waals surface area contributed by atoms with Crippen molar-refractivity contribution in [2.45, 2.75) is 47.1 Å². The van der Waals surface area contributed by atoms with E-state index in [2.05, 4.69) is 23.5 Å². The summed E-state index contributed by atoms with van der Waals surface area (Å²) in [6, 6.07) is 17.8. The molecule has 1 amide bonds. The van der Waals surface area contributed by atoms with Gasteiger partial charge in [0.25, 0.3) is 5.56 Å². The van der Waals surface area contributed by atoms with E-state index in [-0.39, 0.29) is 23.9 Å². The molecule has 0 radical (unpaired) electrons. The molecule has 8 heteroatoms. The minimum Gasteiger partial charge on any atom is -0.349 e. The number of rotatable bonds is 6. The lowest BCUT2D eigenvalue weighted by atomic mass is 10.1. The number of carbonyl (C=O) groups excluding carboxylic acids is 1. The summed E-state index contributed by atoms with van der Waals surface area (Å²) < 4.78 is 3.42. The quantitative estimate of drug-likeness (QED) is 0.337. The summed E-state index contributed by atoms with van der Waals surface area (Å²) in [6.45, 7) is 9.85. The Kier molecular flexibility index (Phi) is 6.52. The summed E-state index contributed by atoms with van der Waals surface area (Å²) in [6.07, 6.45) is 0.0806. The highest BCUT2D eigenvalue weighted by atomic mass is 32.1. The summed E-state index contributed by atoms with van der Waals surface area (Å²) in [4.78, 5) is 31.9. The van der Waals surface area contributed by atoms with Crippen molar-refractivity contribution in [2.75, 3.05) is 0 Å². The molecule has 0 aliphatic rings. The molecule has 5 rings (SSSR count). The minimum atomic E-state index is -0.215. The Morgan fingerprint density at radius 1 is 1.05 bits per heavy atom.